The number of primary amides is 1. The number of rotatable bonds is 15. The highest BCUT2D eigenvalue weighted by Gasteiger charge is 2.22. The van der Waals surface area contributed by atoms with E-state index in [1.807, 2.05) is 25.6 Å². The first-order chi connectivity index (χ1) is 12.7. The molecule has 2 unspecified atom stereocenters. The van der Waals surface area contributed by atoms with E-state index < -0.39 is 5.91 Å². The highest BCUT2D eigenvalue weighted by molar-refractivity contribution is 7.99. The summed E-state index contributed by atoms with van der Waals surface area (Å²) >= 11 is 1.83. The van der Waals surface area contributed by atoms with Crippen LogP contribution in [-0.2, 0) is 14.4 Å². The number of amides is 3. The van der Waals surface area contributed by atoms with Gasteiger partial charge in [0.05, 0.1) is 13.1 Å². The number of carbonyl (C=O) groups excluding carboxylic acids is 3. The summed E-state index contributed by atoms with van der Waals surface area (Å²) in [5.74, 6) is 2.19. The summed E-state index contributed by atoms with van der Waals surface area (Å²) in [7, 11) is 0. The molecule has 3 atom stereocenters. The monoisotopic (exact) mass is 401 g/mol. The van der Waals surface area contributed by atoms with Crippen molar-refractivity contribution in [3.8, 4) is 0 Å². The Balaban J connectivity index is 4.48. The van der Waals surface area contributed by atoms with E-state index in [-0.39, 0.29) is 30.8 Å². The Hall–Kier alpha value is -1.24. The average molecular weight is 402 g/mol. The molecular weight excluding hydrogens is 362 g/mol. The molecule has 7 heteroatoms. The van der Waals surface area contributed by atoms with Gasteiger partial charge in [-0.2, -0.15) is 11.8 Å². The lowest BCUT2D eigenvalue weighted by atomic mass is 9.94. The number of thioether (sulfide) groups is 1. The highest BCUT2D eigenvalue weighted by Crippen LogP contribution is 2.23. The van der Waals surface area contributed by atoms with Crippen LogP contribution in [0.3, 0.4) is 0 Å². The molecule has 0 bridgehead atoms. The second kappa shape index (κ2) is 14.8. The van der Waals surface area contributed by atoms with Crippen LogP contribution in [-0.4, -0.2) is 53.8 Å². The number of hydrogen-bond acceptors (Lipinski definition) is 4. The van der Waals surface area contributed by atoms with Crippen molar-refractivity contribution in [1.82, 2.24) is 10.2 Å². The van der Waals surface area contributed by atoms with Crippen molar-refractivity contribution >= 4 is 29.5 Å². The maximum Gasteiger partial charge on any atom is 0.240 e. The van der Waals surface area contributed by atoms with E-state index in [4.69, 9.17) is 5.73 Å². The van der Waals surface area contributed by atoms with Crippen LogP contribution in [0.15, 0.2) is 0 Å². The molecule has 0 aromatic heterocycles. The lowest BCUT2D eigenvalue weighted by molar-refractivity contribution is -0.138. The van der Waals surface area contributed by atoms with Crippen LogP contribution >= 0.6 is 11.8 Å². The molecule has 3 amide bonds. The normalized spacial score (nSPS) is 14.3. The minimum atomic E-state index is -0.593. The van der Waals surface area contributed by atoms with Crippen LogP contribution in [0.2, 0.25) is 0 Å². The zero-order chi connectivity index (χ0) is 20.8. The number of nitrogens with two attached hydrogens (primary N) is 1. The van der Waals surface area contributed by atoms with E-state index in [1.54, 1.807) is 4.90 Å². The van der Waals surface area contributed by atoms with E-state index >= 15 is 0 Å². The first kappa shape index (κ1) is 25.8. The van der Waals surface area contributed by atoms with Gasteiger partial charge in [0, 0.05) is 18.2 Å². The van der Waals surface area contributed by atoms with E-state index in [9.17, 15) is 14.4 Å². The fourth-order valence-electron chi connectivity index (χ4n) is 2.83. The van der Waals surface area contributed by atoms with E-state index in [0.29, 0.717) is 12.5 Å². The predicted molar refractivity (Wildman–Crippen MR) is 113 cm³/mol. The third kappa shape index (κ3) is 12.0. The molecule has 0 saturated carbocycles. The van der Waals surface area contributed by atoms with Gasteiger partial charge < -0.3 is 16.0 Å². The minimum Gasteiger partial charge on any atom is -0.368 e. The summed E-state index contributed by atoms with van der Waals surface area (Å²) in [5.41, 5.74) is 5.03. The molecule has 0 radical (unpaired) electrons. The largest absolute Gasteiger partial charge is 0.368 e. The molecule has 0 spiro atoms. The lowest BCUT2D eigenvalue weighted by Gasteiger charge is -2.25. The molecule has 0 saturated heterocycles. The summed E-state index contributed by atoms with van der Waals surface area (Å²) in [6.45, 7) is 11.0. The van der Waals surface area contributed by atoms with E-state index in [2.05, 4.69) is 26.1 Å². The standard InChI is InChI=1S/C20H39N3O3S/c1-6-9-23(12-19(25)22-11-18(21)24)20(26)16(5)13-27-14-17(8-3)10-15(4)7-2/h15-17H,6-14H2,1-5H3,(H2,21,24)(H,22,25)/t15?,16?,17-/m0/s1. The van der Waals surface area contributed by atoms with Gasteiger partial charge in [-0.3, -0.25) is 14.4 Å². The Morgan fingerprint density at radius 3 is 2.26 bits per heavy atom. The SMILES string of the molecule is CCCN(CC(=O)NCC(N)=O)C(=O)C(C)CSC[C@@H](CC)CC(C)CC. The highest BCUT2D eigenvalue weighted by atomic mass is 32.2. The molecule has 0 aliphatic heterocycles. The Morgan fingerprint density at radius 1 is 1.07 bits per heavy atom. The van der Waals surface area contributed by atoms with Gasteiger partial charge in [-0.25, -0.2) is 0 Å². The van der Waals surface area contributed by atoms with Crippen molar-refractivity contribution in [2.24, 2.45) is 23.5 Å². The van der Waals surface area contributed by atoms with Crippen LogP contribution in [0.5, 0.6) is 0 Å². The van der Waals surface area contributed by atoms with Crippen LogP contribution in [0.25, 0.3) is 0 Å². The minimum absolute atomic E-state index is 0.00597. The topological polar surface area (TPSA) is 92.5 Å². The van der Waals surface area contributed by atoms with Crippen LogP contribution in [0.1, 0.15) is 60.3 Å². The second-order valence-electron chi connectivity index (χ2n) is 7.46. The Morgan fingerprint density at radius 2 is 1.74 bits per heavy atom. The van der Waals surface area contributed by atoms with Crippen molar-refractivity contribution in [3.05, 3.63) is 0 Å². The number of nitrogens with one attached hydrogen (secondary N) is 1. The second-order valence-corrected chi connectivity index (χ2v) is 8.54. The molecule has 6 nitrogen and oxygen atoms in total. The molecule has 0 heterocycles. The zero-order valence-electron chi connectivity index (χ0n) is 17.8. The summed E-state index contributed by atoms with van der Waals surface area (Å²) in [4.78, 5) is 37.0. The van der Waals surface area contributed by atoms with E-state index in [1.165, 1.54) is 19.3 Å². The van der Waals surface area contributed by atoms with Crippen molar-refractivity contribution in [1.29, 1.82) is 0 Å². The molecule has 158 valence electrons. The molecule has 0 fully saturated rings. The smallest absolute Gasteiger partial charge is 0.240 e. The number of carbonyl (C=O) groups is 3. The molecular formula is C20H39N3O3S. The quantitative estimate of drug-likeness (QED) is 0.441. The molecule has 27 heavy (non-hydrogen) atoms. The van der Waals surface area contributed by atoms with E-state index in [0.717, 1.165) is 23.8 Å². The molecule has 0 aliphatic rings. The fraction of sp³-hybridized carbons (Fsp3) is 0.850. The van der Waals surface area contributed by atoms with Gasteiger partial charge in [0.2, 0.25) is 17.7 Å². The maximum atomic E-state index is 12.7. The average Bonchev–Trinajstić information content (AvgIpc) is 2.64. The maximum absolute atomic E-state index is 12.7. The van der Waals surface area contributed by atoms with Crippen molar-refractivity contribution in [3.63, 3.8) is 0 Å². The van der Waals surface area contributed by atoms with Gasteiger partial charge in [-0.1, -0.05) is 47.5 Å². The van der Waals surface area contributed by atoms with Crippen LogP contribution in [0, 0.1) is 17.8 Å². The van der Waals surface area contributed by atoms with Crippen molar-refractivity contribution < 1.29 is 14.4 Å². The predicted octanol–water partition coefficient (Wildman–Crippen LogP) is 2.66. The third-order valence-electron chi connectivity index (χ3n) is 4.75. The Labute approximate surface area is 169 Å². The zero-order valence-corrected chi connectivity index (χ0v) is 18.6. The van der Waals surface area contributed by atoms with Gasteiger partial charge in [0.25, 0.3) is 0 Å². The fourth-order valence-corrected chi connectivity index (χ4v) is 4.17. The molecule has 3 N–H and O–H groups in total. The van der Waals surface area contributed by atoms with Crippen molar-refractivity contribution in [2.45, 2.75) is 60.3 Å². The Kier molecular flexibility index (Phi) is 14.1. The van der Waals surface area contributed by atoms with Gasteiger partial charge >= 0.3 is 0 Å². The first-order valence-corrected chi connectivity index (χ1v) is 11.3. The molecule has 0 rings (SSSR count). The summed E-state index contributed by atoms with van der Waals surface area (Å²) < 4.78 is 0. The van der Waals surface area contributed by atoms with Gasteiger partial charge in [-0.15, -0.1) is 0 Å². The first-order valence-electron chi connectivity index (χ1n) is 10.2. The van der Waals surface area contributed by atoms with Gasteiger partial charge in [0.15, 0.2) is 0 Å². The number of nitrogens with zero attached hydrogens (tertiary/aromatic N) is 1. The van der Waals surface area contributed by atoms with Gasteiger partial charge in [0.1, 0.15) is 0 Å². The number of hydrogen-bond donors (Lipinski definition) is 2. The van der Waals surface area contributed by atoms with Gasteiger partial charge in [-0.05, 0) is 30.4 Å². The van der Waals surface area contributed by atoms with Crippen LogP contribution in [0.4, 0.5) is 0 Å². The van der Waals surface area contributed by atoms with Crippen molar-refractivity contribution in [2.75, 3.05) is 31.1 Å². The third-order valence-corrected chi connectivity index (χ3v) is 6.20. The molecule has 0 aromatic rings. The Bertz CT molecular complexity index is 460. The summed E-state index contributed by atoms with van der Waals surface area (Å²) in [6.07, 6.45) is 4.40. The summed E-state index contributed by atoms with van der Waals surface area (Å²) in [5, 5.41) is 2.44. The molecule has 0 aliphatic carbocycles. The summed E-state index contributed by atoms with van der Waals surface area (Å²) in [6, 6.07) is 0. The lowest BCUT2D eigenvalue weighted by Crippen LogP contribution is -2.45. The van der Waals surface area contributed by atoms with Crippen LogP contribution < -0.4 is 11.1 Å². The molecule has 0 aromatic carbocycles.